The van der Waals surface area contributed by atoms with Gasteiger partial charge >= 0.3 is 0 Å². The summed E-state index contributed by atoms with van der Waals surface area (Å²) >= 11 is 0. The lowest BCUT2D eigenvalue weighted by Crippen LogP contribution is -2.49. The van der Waals surface area contributed by atoms with E-state index in [1.165, 1.54) is 11.9 Å². The van der Waals surface area contributed by atoms with Crippen molar-refractivity contribution in [1.82, 2.24) is 14.8 Å². The average molecular weight is 483 g/mol. The quantitative estimate of drug-likeness (QED) is 0.596. The molecule has 35 heavy (non-hydrogen) atoms. The summed E-state index contributed by atoms with van der Waals surface area (Å²) in [6, 6.07) is 13.0. The van der Waals surface area contributed by atoms with Gasteiger partial charge in [0.15, 0.2) is 0 Å². The minimum atomic E-state index is -0.777. The van der Waals surface area contributed by atoms with E-state index in [1.807, 2.05) is 42.2 Å². The van der Waals surface area contributed by atoms with Gasteiger partial charge in [0.25, 0.3) is 0 Å². The molecule has 0 unspecified atom stereocenters. The summed E-state index contributed by atoms with van der Waals surface area (Å²) in [5, 5.41) is 5.99. The molecular formula is C27H32F2N4O2. The summed E-state index contributed by atoms with van der Waals surface area (Å²) < 4.78 is 28.6. The SMILES string of the molecule is CCC(=O)N1CCN(CCC[C@]2(c3ccccc3)CC(c3cc(F)ccc3F)=NN2C(C)=O)CC1. The summed E-state index contributed by atoms with van der Waals surface area (Å²) in [6.45, 7) is 7.23. The second-order valence-electron chi connectivity index (χ2n) is 9.26. The molecule has 0 N–H and O–H groups in total. The number of hydrazone groups is 1. The summed E-state index contributed by atoms with van der Waals surface area (Å²) in [5.74, 6) is -1.16. The molecule has 2 aromatic carbocycles. The Bertz CT molecular complexity index is 1100. The minimum absolute atomic E-state index is 0.0887. The monoisotopic (exact) mass is 482 g/mol. The summed E-state index contributed by atoms with van der Waals surface area (Å²) in [5.41, 5.74) is 0.601. The van der Waals surface area contributed by atoms with E-state index in [4.69, 9.17) is 0 Å². The highest BCUT2D eigenvalue weighted by Crippen LogP contribution is 2.43. The Balaban J connectivity index is 1.55. The Hall–Kier alpha value is -3.13. The van der Waals surface area contributed by atoms with Crippen LogP contribution in [-0.2, 0) is 15.1 Å². The first-order valence-electron chi connectivity index (χ1n) is 12.2. The first-order chi connectivity index (χ1) is 16.8. The first kappa shape index (κ1) is 25.0. The van der Waals surface area contributed by atoms with Crippen LogP contribution in [0.3, 0.4) is 0 Å². The molecule has 186 valence electrons. The van der Waals surface area contributed by atoms with Gasteiger partial charge in [-0.2, -0.15) is 5.10 Å². The maximum absolute atomic E-state index is 14.6. The van der Waals surface area contributed by atoms with Crippen LogP contribution in [0.15, 0.2) is 53.6 Å². The second-order valence-corrected chi connectivity index (χ2v) is 9.26. The van der Waals surface area contributed by atoms with Crippen molar-refractivity contribution in [1.29, 1.82) is 0 Å². The van der Waals surface area contributed by atoms with Crippen LogP contribution in [0.25, 0.3) is 0 Å². The van der Waals surface area contributed by atoms with E-state index in [0.717, 1.165) is 62.9 Å². The fraction of sp³-hybridized carbons (Fsp3) is 0.444. The molecule has 2 aliphatic heterocycles. The zero-order valence-electron chi connectivity index (χ0n) is 20.3. The Morgan fingerprint density at radius 1 is 1.03 bits per heavy atom. The number of piperazine rings is 1. The maximum Gasteiger partial charge on any atom is 0.240 e. The van der Waals surface area contributed by atoms with Crippen molar-refractivity contribution < 1.29 is 18.4 Å². The van der Waals surface area contributed by atoms with Crippen molar-refractivity contribution in [3.8, 4) is 0 Å². The number of hydrogen-bond donors (Lipinski definition) is 0. The fourth-order valence-electron chi connectivity index (χ4n) is 5.19. The van der Waals surface area contributed by atoms with Gasteiger partial charge < -0.3 is 4.90 Å². The number of carbonyl (C=O) groups is 2. The molecule has 0 aliphatic carbocycles. The maximum atomic E-state index is 14.6. The molecule has 2 aromatic rings. The van der Waals surface area contributed by atoms with E-state index in [0.29, 0.717) is 25.0 Å². The Labute approximate surface area is 205 Å². The summed E-state index contributed by atoms with van der Waals surface area (Å²) in [6.07, 6.45) is 2.23. The Morgan fingerprint density at radius 2 is 1.74 bits per heavy atom. The van der Waals surface area contributed by atoms with Crippen molar-refractivity contribution in [2.45, 2.75) is 45.1 Å². The third-order valence-corrected chi connectivity index (χ3v) is 7.03. The number of carbonyl (C=O) groups excluding carboxylic acids is 2. The van der Waals surface area contributed by atoms with E-state index in [9.17, 15) is 18.4 Å². The van der Waals surface area contributed by atoms with Crippen molar-refractivity contribution in [2.24, 2.45) is 5.10 Å². The van der Waals surface area contributed by atoms with Gasteiger partial charge in [0.05, 0.1) is 11.3 Å². The predicted molar refractivity (Wildman–Crippen MR) is 131 cm³/mol. The predicted octanol–water partition coefficient (Wildman–Crippen LogP) is 4.15. The molecular weight excluding hydrogens is 450 g/mol. The molecule has 4 rings (SSSR count). The highest BCUT2D eigenvalue weighted by Gasteiger charge is 2.46. The third kappa shape index (κ3) is 5.27. The van der Waals surface area contributed by atoms with Crippen LogP contribution in [0, 0.1) is 11.6 Å². The molecule has 2 amide bonds. The number of benzene rings is 2. The van der Waals surface area contributed by atoms with Gasteiger partial charge in [0, 0.05) is 51.5 Å². The molecule has 2 heterocycles. The van der Waals surface area contributed by atoms with Gasteiger partial charge in [-0.3, -0.25) is 14.5 Å². The largest absolute Gasteiger partial charge is 0.340 e. The average Bonchev–Trinajstić information content (AvgIpc) is 3.27. The lowest BCUT2D eigenvalue weighted by atomic mass is 9.80. The molecule has 1 atom stereocenters. The lowest BCUT2D eigenvalue weighted by molar-refractivity contribution is -0.135. The minimum Gasteiger partial charge on any atom is -0.340 e. The molecule has 0 spiro atoms. The zero-order chi connectivity index (χ0) is 25.0. The van der Waals surface area contributed by atoms with Crippen LogP contribution in [-0.4, -0.2) is 65.1 Å². The van der Waals surface area contributed by atoms with Gasteiger partial charge in [-0.1, -0.05) is 37.3 Å². The number of amides is 2. The highest BCUT2D eigenvalue weighted by atomic mass is 19.1. The normalized spacial score (nSPS) is 20.7. The van der Waals surface area contributed by atoms with E-state index in [-0.39, 0.29) is 17.4 Å². The smallest absolute Gasteiger partial charge is 0.240 e. The molecule has 1 fully saturated rings. The molecule has 2 aliphatic rings. The van der Waals surface area contributed by atoms with E-state index >= 15 is 0 Å². The van der Waals surface area contributed by atoms with Crippen LogP contribution < -0.4 is 0 Å². The third-order valence-electron chi connectivity index (χ3n) is 7.03. The molecule has 0 bridgehead atoms. The topological polar surface area (TPSA) is 56.2 Å². The van der Waals surface area contributed by atoms with E-state index in [1.54, 1.807) is 0 Å². The van der Waals surface area contributed by atoms with Crippen molar-refractivity contribution in [3.63, 3.8) is 0 Å². The van der Waals surface area contributed by atoms with Gasteiger partial charge in [0.2, 0.25) is 11.8 Å². The molecule has 0 radical (unpaired) electrons. The molecule has 1 saturated heterocycles. The van der Waals surface area contributed by atoms with E-state index in [2.05, 4.69) is 10.0 Å². The Morgan fingerprint density at radius 3 is 2.40 bits per heavy atom. The van der Waals surface area contributed by atoms with Crippen LogP contribution >= 0.6 is 0 Å². The summed E-state index contributed by atoms with van der Waals surface area (Å²) in [7, 11) is 0. The van der Waals surface area contributed by atoms with Gasteiger partial charge in [-0.05, 0) is 43.1 Å². The number of nitrogens with zero attached hydrogens (tertiary/aromatic N) is 4. The standard InChI is InChI=1S/C27H32F2N4O2/c1-3-26(35)32-16-14-31(15-17-32)13-7-12-27(21-8-5-4-6-9-21)19-25(30-33(27)20(2)34)23-18-22(28)10-11-24(23)29/h4-6,8-11,18H,3,7,12-17,19H2,1-2H3/t27-/m1/s1. The van der Waals surface area contributed by atoms with Crippen molar-refractivity contribution >= 4 is 17.5 Å². The molecule has 0 aromatic heterocycles. The summed E-state index contributed by atoms with van der Waals surface area (Å²) in [4.78, 5) is 29.0. The van der Waals surface area contributed by atoms with Crippen LogP contribution in [0.2, 0.25) is 0 Å². The zero-order valence-corrected chi connectivity index (χ0v) is 20.3. The van der Waals surface area contributed by atoms with Crippen molar-refractivity contribution in [2.75, 3.05) is 32.7 Å². The number of rotatable bonds is 7. The lowest BCUT2D eigenvalue weighted by Gasteiger charge is -2.38. The Kier molecular flexibility index (Phi) is 7.60. The first-order valence-corrected chi connectivity index (χ1v) is 12.2. The van der Waals surface area contributed by atoms with Gasteiger partial charge in [0.1, 0.15) is 11.6 Å². The second kappa shape index (κ2) is 10.6. The molecule has 0 saturated carbocycles. The van der Waals surface area contributed by atoms with Crippen LogP contribution in [0.1, 0.15) is 50.7 Å². The van der Waals surface area contributed by atoms with Crippen LogP contribution in [0.5, 0.6) is 0 Å². The number of halogens is 2. The number of hydrogen-bond acceptors (Lipinski definition) is 4. The fourth-order valence-corrected chi connectivity index (χ4v) is 5.19. The van der Waals surface area contributed by atoms with Crippen molar-refractivity contribution in [3.05, 3.63) is 71.3 Å². The van der Waals surface area contributed by atoms with Crippen LogP contribution in [0.4, 0.5) is 8.78 Å². The molecule has 8 heteroatoms. The highest BCUT2D eigenvalue weighted by molar-refractivity contribution is 6.04. The van der Waals surface area contributed by atoms with E-state index < -0.39 is 17.2 Å². The van der Waals surface area contributed by atoms with Gasteiger partial charge in [-0.15, -0.1) is 0 Å². The van der Waals surface area contributed by atoms with Gasteiger partial charge in [-0.25, -0.2) is 13.8 Å². The molecule has 6 nitrogen and oxygen atoms in total.